The number of unbranched alkanes of at least 4 members (excludes halogenated alkanes) is 9. The standard InChI is InChI=1S/C35H52O7/c1-3-28(2)27-42-35(39)32-16-14-30(15-17-32)31-18-20-33(21-19-31)40-22-12-10-8-6-4-5-7-9-11-13-23-41-34(38)24-29(25-36)26-37/h14-21,28-29,36-37H,3-13,22-27H2,1-2H3. The Morgan fingerprint density at radius 3 is 1.71 bits per heavy atom. The summed E-state index contributed by atoms with van der Waals surface area (Å²) in [6.07, 6.45) is 12.5. The van der Waals surface area contributed by atoms with Crippen molar-refractivity contribution >= 4 is 11.9 Å². The Labute approximate surface area is 252 Å². The van der Waals surface area contributed by atoms with E-state index < -0.39 is 5.92 Å². The third-order valence-electron chi connectivity index (χ3n) is 7.55. The van der Waals surface area contributed by atoms with Crippen LogP contribution in [0.1, 0.15) is 101 Å². The van der Waals surface area contributed by atoms with Crippen molar-refractivity contribution in [2.75, 3.05) is 33.0 Å². The van der Waals surface area contributed by atoms with Crippen LogP contribution in [0.5, 0.6) is 5.75 Å². The first-order valence-electron chi connectivity index (χ1n) is 15.8. The normalized spacial score (nSPS) is 11.8. The quantitative estimate of drug-likeness (QED) is 0.104. The van der Waals surface area contributed by atoms with Crippen molar-refractivity contribution in [3.63, 3.8) is 0 Å². The van der Waals surface area contributed by atoms with Crippen molar-refractivity contribution < 1.29 is 34.0 Å². The van der Waals surface area contributed by atoms with Gasteiger partial charge in [-0.1, -0.05) is 95.9 Å². The summed E-state index contributed by atoms with van der Waals surface area (Å²) in [6.45, 7) is 5.34. The fourth-order valence-electron chi connectivity index (χ4n) is 4.44. The summed E-state index contributed by atoms with van der Waals surface area (Å²) in [7, 11) is 0. The predicted molar refractivity (Wildman–Crippen MR) is 167 cm³/mol. The zero-order chi connectivity index (χ0) is 30.4. The van der Waals surface area contributed by atoms with Gasteiger partial charge < -0.3 is 24.4 Å². The lowest BCUT2D eigenvalue weighted by Crippen LogP contribution is -2.18. The first-order chi connectivity index (χ1) is 20.5. The van der Waals surface area contributed by atoms with E-state index in [2.05, 4.69) is 13.8 Å². The van der Waals surface area contributed by atoms with E-state index in [0.717, 1.165) is 55.6 Å². The lowest BCUT2D eigenvalue weighted by Gasteiger charge is -2.10. The van der Waals surface area contributed by atoms with Gasteiger partial charge in [0.2, 0.25) is 0 Å². The van der Waals surface area contributed by atoms with E-state index in [1.165, 1.54) is 38.5 Å². The molecule has 42 heavy (non-hydrogen) atoms. The monoisotopic (exact) mass is 584 g/mol. The van der Waals surface area contributed by atoms with E-state index in [1.807, 2.05) is 48.5 Å². The van der Waals surface area contributed by atoms with Gasteiger partial charge in [-0.3, -0.25) is 4.79 Å². The molecule has 0 aromatic heterocycles. The Kier molecular flexibility index (Phi) is 18.3. The lowest BCUT2D eigenvalue weighted by molar-refractivity contribution is -0.145. The molecular weight excluding hydrogens is 532 g/mol. The lowest BCUT2D eigenvalue weighted by atomic mass is 10.0. The van der Waals surface area contributed by atoms with E-state index in [0.29, 0.717) is 24.7 Å². The van der Waals surface area contributed by atoms with Crippen molar-refractivity contribution in [2.24, 2.45) is 11.8 Å². The van der Waals surface area contributed by atoms with Gasteiger partial charge in [0.05, 0.1) is 31.8 Å². The van der Waals surface area contributed by atoms with Gasteiger partial charge in [-0.25, -0.2) is 4.79 Å². The van der Waals surface area contributed by atoms with E-state index >= 15 is 0 Å². The second kappa shape index (κ2) is 21.8. The van der Waals surface area contributed by atoms with Gasteiger partial charge in [0.25, 0.3) is 0 Å². The molecule has 0 spiro atoms. The third-order valence-corrected chi connectivity index (χ3v) is 7.55. The Hall–Kier alpha value is -2.90. The molecule has 234 valence electrons. The Bertz CT molecular complexity index is 983. The first-order valence-corrected chi connectivity index (χ1v) is 15.8. The molecule has 0 heterocycles. The summed E-state index contributed by atoms with van der Waals surface area (Å²) in [5.74, 6) is 0.206. The molecule has 0 saturated heterocycles. The summed E-state index contributed by atoms with van der Waals surface area (Å²) >= 11 is 0. The van der Waals surface area contributed by atoms with Crippen molar-refractivity contribution in [2.45, 2.75) is 90.9 Å². The summed E-state index contributed by atoms with van der Waals surface area (Å²) in [5, 5.41) is 18.0. The highest BCUT2D eigenvalue weighted by Crippen LogP contribution is 2.23. The zero-order valence-corrected chi connectivity index (χ0v) is 25.7. The molecule has 0 amide bonds. The topological polar surface area (TPSA) is 102 Å². The average Bonchev–Trinajstić information content (AvgIpc) is 3.02. The summed E-state index contributed by atoms with van der Waals surface area (Å²) in [4.78, 5) is 23.8. The number of ether oxygens (including phenoxy) is 3. The molecule has 0 aliphatic carbocycles. The maximum Gasteiger partial charge on any atom is 0.338 e. The zero-order valence-electron chi connectivity index (χ0n) is 25.7. The van der Waals surface area contributed by atoms with Crippen LogP contribution >= 0.6 is 0 Å². The van der Waals surface area contributed by atoms with Crippen LogP contribution in [-0.4, -0.2) is 55.2 Å². The van der Waals surface area contributed by atoms with E-state index in [1.54, 1.807) is 0 Å². The molecule has 0 aliphatic heterocycles. The van der Waals surface area contributed by atoms with Crippen LogP contribution in [0.2, 0.25) is 0 Å². The molecule has 1 unspecified atom stereocenters. The molecule has 2 N–H and O–H groups in total. The number of esters is 2. The number of hydrogen-bond donors (Lipinski definition) is 2. The highest BCUT2D eigenvalue weighted by Gasteiger charge is 2.13. The number of benzene rings is 2. The molecule has 1 atom stereocenters. The molecule has 2 aromatic rings. The van der Waals surface area contributed by atoms with Crippen molar-refractivity contribution in [1.29, 1.82) is 0 Å². The number of carbonyl (C=O) groups is 2. The summed E-state index contributed by atoms with van der Waals surface area (Å²) in [6, 6.07) is 15.6. The maximum absolute atomic E-state index is 12.2. The summed E-state index contributed by atoms with van der Waals surface area (Å²) < 4.78 is 16.5. The van der Waals surface area contributed by atoms with Gasteiger partial charge in [-0.15, -0.1) is 0 Å². The van der Waals surface area contributed by atoms with Crippen molar-refractivity contribution in [1.82, 2.24) is 0 Å². The minimum atomic E-state index is -0.418. The third kappa shape index (κ3) is 14.8. The van der Waals surface area contributed by atoms with Crippen LogP contribution in [0.3, 0.4) is 0 Å². The number of rotatable bonds is 23. The van der Waals surface area contributed by atoms with Gasteiger partial charge in [-0.2, -0.15) is 0 Å². The second-order valence-corrected chi connectivity index (χ2v) is 11.3. The van der Waals surface area contributed by atoms with Crippen LogP contribution in [0.4, 0.5) is 0 Å². The molecule has 7 heteroatoms. The molecule has 2 rings (SSSR count). The molecule has 0 bridgehead atoms. The van der Waals surface area contributed by atoms with Gasteiger partial charge in [0.15, 0.2) is 0 Å². The number of carbonyl (C=O) groups excluding carboxylic acids is 2. The van der Waals surface area contributed by atoms with E-state index in [9.17, 15) is 9.59 Å². The fourth-order valence-corrected chi connectivity index (χ4v) is 4.44. The highest BCUT2D eigenvalue weighted by molar-refractivity contribution is 5.90. The van der Waals surface area contributed by atoms with Gasteiger partial charge in [0, 0.05) is 19.1 Å². The maximum atomic E-state index is 12.2. The van der Waals surface area contributed by atoms with E-state index in [-0.39, 0.29) is 31.6 Å². The first kappa shape index (κ1) is 35.3. The van der Waals surface area contributed by atoms with Gasteiger partial charge >= 0.3 is 11.9 Å². The summed E-state index contributed by atoms with van der Waals surface area (Å²) in [5.41, 5.74) is 2.70. The molecule has 0 radical (unpaired) electrons. The van der Waals surface area contributed by atoms with Crippen LogP contribution in [0.15, 0.2) is 48.5 Å². The molecule has 7 nitrogen and oxygen atoms in total. The minimum Gasteiger partial charge on any atom is -0.494 e. The second-order valence-electron chi connectivity index (χ2n) is 11.3. The Balaban J connectivity index is 1.47. The number of aliphatic hydroxyl groups is 2. The smallest absolute Gasteiger partial charge is 0.338 e. The molecular formula is C35H52O7. The molecule has 0 aliphatic rings. The predicted octanol–water partition coefficient (Wildman–Crippen LogP) is 7.37. The van der Waals surface area contributed by atoms with E-state index in [4.69, 9.17) is 24.4 Å². The highest BCUT2D eigenvalue weighted by atomic mass is 16.5. The molecule has 2 aromatic carbocycles. The van der Waals surface area contributed by atoms with Crippen LogP contribution in [0, 0.1) is 11.8 Å². The average molecular weight is 585 g/mol. The minimum absolute atomic E-state index is 0.0726. The molecule has 0 saturated carbocycles. The van der Waals surface area contributed by atoms with Crippen LogP contribution in [0.25, 0.3) is 11.1 Å². The number of aliphatic hydroxyl groups excluding tert-OH is 2. The number of hydrogen-bond acceptors (Lipinski definition) is 7. The Morgan fingerprint density at radius 1 is 0.690 bits per heavy atom. The molecule has 0 fully saturated rings. The largest absolute Gasteiger partial charge is 0.494 e. The van der Waals surface area contributed by atoms with Gasteiger partial charge in [-0.05, 0) is 54.2 Å². The SMILES string of the molecule is CCC(C)COC(=O)c1ccc(-c2ccc(OCCCCCCCCCCCCOC(=O)CC(CO)CO)cc2)cc1. The Morgan fingerprint density at radius 2 is 1.19 bits per heavy atom. The van der Waals surface area contributed by atoms with Gasteiger partial charge in [0.1, 0.15) is 5.75 Å². The van der Waals surface area contributed by atoms with Crippen molar-refractivity contribution in [3.8, 4) is 16.9 Å². The van der Waals surface area contributed by atoms with Crippen LogP contribution < -0.4 is 4.74 Å². The van der Waals surface area contributed by atoms with Crippen LogP contribution in [-0.2, 0) is 14.3 Å². The van der Waals surface area contributed by atoms with Crippen molar-refractivity contribution in [3.05, 3.63) is 54.1 Å². The fraction of sp³-hybridized carbons (Fsp3) is 0.600.